The number of piperazine rings is 1. The first-order valence-electron chi connectivity index (χ1n) is 7.18. The molecule has 0 bridgehead atoms. The zero-order chi connectivity index (χ0) is 15.1. The van der Waals surface area contributed by atoms with Crippen molar-refractivity contribution < 1.29 is 14.3 Å². The second-order valence-electron chi connectivity index (χ2n) is 4.85. The van der Waals surface area contributed by atoms with Crippen LogP contribution >= 0.6 is 0 Å². The van der Waals surface area contributed by atoms with Crippen LogP contribution in [0, 0.1) is 0 Å². The maximum Gasteiger partial charge on any atom is 0.410 e. The van der Waals surface area contributed by atoms with Crippen LogP contribution < -0.4 is 10.6 Å². The highest BCUT2D eigenvalue weighted by molar-refractivity contribution is 5.86. The minimum Gasteiger partial charge on any atom is -0.445 e. The van der Waals surface area contributed by atoms with E-state index >= 15 is 0 Å². The molecule has 21 heavy (non-hydrogen) atoms. The molecule has 1 aliphatic rings. The fourth-order valence-corrected chi connectivity index (χ4v) is 2.25. The van der Waals surface area contributed by atoms with Crippen LogP contribution in [0.4, 0.5) is 4.79 Å². The Morgan fingerprint density at radius 2 is 2.14 bits per heavy atom. The number of amides is 2. The Bertz CT molecular complexity index is 478. The fourth-order valence-electron chi connectivity index (χ4n) is 2.25. The quantitative estimate of drug-likeness (QED) is 0.858. The maximum absolute atomic E-state index is 12.2. The van der Waals surface area contributed by atoms with Gasteiger partial charge in [-0.15, -0.1) is 0 Å². The summed E-state index contributed by atoms with van der Waals surface area (Å²) in [5.74, 6) is -0.152. The number of hydrogen-bond acceptors (Lipinski definition) is 4. The van der Waals surface area contributed by atoms with Crippen LogP contribution in [0.25, 0.3) is 0 Å². The number of carbonyl (C=O) groups excluding carboxylic acids is 2. The van der Waals surface area contributed by atoms with Gasteiger partial charge in [0, 0.05) is 26.2 Å². The van der Waals surface area contributed by atoms with Gasteiger partial charge in [-0.1, -0.05) is 30.3 Å². The third-order valence-corrected chi connectivity index (χ3v) is 3.34. The van der Waals surface area contributed by atoms with Gasteiger partial charge < -0.3 is 15.4 Å². The number of likely N-dealkylation sites (N-methyl/N-ethyl adjacent to an activating group) is 1. The first-order valence-corrected chi connectivity index (χ1v) is 7.18. The van der Waals surface area contributed by atoms with Gasteiger partial charge in [-0.05, 0) is 12.5 Å². The molecule has 0 aromatic heterocycles. The third-order valence-electron chi connectivity index (χ3n) is 3.34. The Morgan fingerprint density at radius 1 is 1.38 bits per heavy atom. The Morgan fingerprint density at radius 3 is 2.86 bits per heavy atom. The van der Waals surface area contributed by atoms with Crippen LogP contribution in [0.15, 0.2) is 30.3 Å². The van der Waals surface area contributed by atoms with Crippen LogP contribution in [0.3, 0.4) is 0 Å². The molecule has 1 aliphatic heterocycles. The molecule has 1 saturated heterocycles. The van der Waals surface area contributed by atoms with E-state index in [1.807, 2.05) is 37.3 Å². The Labute approximate surface area is 124 Å². The van der Waals surface area contributed by atoms with E-state index in [1.54, 1.807) is 0 Å². The van der Waals surface area contributed by atoms with Crippen molar-refractivity contribution >= 4 is 12.0 Å². The molecule has 1 unspecified atom stereocenters. The van der Waals surface area contributed by atoms with Gasteiger partial charge in [0.05, 0.1) is 0 Å². The van der Waals surface area contributed by atoms with Crippen molar-refractivity contribution in [3.8, 4) is 0 Å². The number of nitrogens with zero attached hydrogens (tertiary/aromatic N) is 1. The average Bonchev–Trinajstić information content (AvgIpc) is 2.54. The van der Waals surface area contributed by atoms with Gasteiger partial charge >= 0.3 is 6.09 Å². The zero-order valence-electron chi connectivity index (χ0n) is 12.2. The zero-order valence-corrected chi connectivity index (χ0v) is 12.2. The standard InChI is InChI=1S/C15H21N3O3/c1-2-17-14(19)13-10-16-8-9-18(13)15(20)21-11-12-6-4-3-5-7-12/h3-7,13,16H,2,8-11H2,1H3,(H,17,19). The lowest BCUT2D eigenvalue weighted by atomic mass is 10.2. The highest BCUT2D eigenvalue weighted by Gasteiger charge is 2.32. The van der Waals surface area contributed by atoms with Gasteiger partial charge in [-0.25, -0.2) is 4.79 Å². The monoisotopic (exact) mass is 291 g/mol. The van der Waals surface area contributed by atoms with Crippen LogP contribution in [-0.4, -0.2) is 49.1 Å². The fraction of sp³-hybridized carbons (Fsp3) is 0.467. The van der Waals surface area contributed by atoms with Crippen molar-refractivity contribution in [3.05, 3.63) is 35.9 Å². The molecular weight excluding hydrogens is 270 g/mol. The largest absolute Gasteiger partial charge is 0.445 e. The van der Waals surface area contributed by atoms with E-state index in [-0.39, 0.29) is 12.5 Å². The van der Waals surface area contributed by atoms with E-state index in [0.29, 0.717) is 26.2 Å². The van der Waals surface area contributed by atoms with Gasteiger partial charge in [0.2, 0.25) is 5.91 Å². The lowest BCUT2D eigenvalue weighted by Crippen LogP contribution is -2.59. The topological polar surface area (TPSA) is 70.7 Å². The maximum atomic E-state index is 12.2. The summed E-state index contributed by atoms with van der Waals surface area (Å²) in [6.45, 7) is 4.19. The molecule has 114 valence electrons. The van der Waals surface area contributed by atoms with Gasteiger partial charge in [-0.3, -0.25) is 9.69 Å². The van der Waals surface area contributed by atoms with Crippen LogP contribution in [-0.2, 0) is 16.1 Å². The number of benzene rings is 1. The summed E-state index contributed by atoms with van der Waals surface area (Å²) in [6.07, 6.45) is -0.448. The van der Waals surface area contributed by atoms with Gasteiger partial charge in [-0.2, -0.15) is 0 Å². The number of nitrogens with one attached hydrogen (secondary N) is 2. The van der Waals surface area contributed by atoms with E-state index in [0.717, 1.165) is 5.56 Å². The van der Waals surface area contributed by atoms with Gasteiger partial charge in [0.1, 0.15) is 12.6 Å². The predicted octanol–water partition coefficient (Wildman–Crippen LogP) is 0.733. The molecule has 2 rings (SSSR count). The lowest BCUT2D eigenvalue weighted by Gasteiger charge is -2.34. The smallest absolute Gasteiger partial charge is 0.410 e. The molecule has 1 heterocycles. The van der Waals surface area contributed by atoms with Crippen molar-refractivity contribution in [2.75, 3.05) is 26.2 Å². The van der Waals surface area contributed by atoms with Crippen molar-refractivity contribution in [2.45, 2.75) is 19.6 Å². The van der Waals surface area contributed by atoms with E-state index in [2.05, 4.69) is 10.6 Å². The molecule has 1 fully saturated rings. The molecule has 0 spiro atoms. The van der Waals surface area contributed by atoms with E-state index in [4.69, 9.17) is 4.74 Å². The van der Waals surface area contributed by atoms with E-state index in [1.165, 1.54) is 4.90 Å². The Kier molecular flexibility index (Phi) is 5.57. The summed E-state index contributed by atoms with van der Waals surface area (Å²) < 4.78 is 5.31. The first kappa shape index (κ1) is 15.3. The molecule has 0 aliphatic carbocycles. The van der Waals surface area contributed by atoms with Gasteiger partial charge in [0.15, 0.2) is 0 Å². The second kappa shape index (κ2) is 7.64. The predicted molar refractivity (Wildman–Crippen MR) is 78.7 cm³/mol. The van der Waals surface area contributed by atoms with Crippen molar-refractivity contribution in [1.29, 1.82) is 0 Å². The van der Waals surface area contributed by atoms with Crippen molar-refractivity contribution in [3.63, 3.8) is 0 Å². The van der Waals surface area contributed by atoms with Crippen molar-refractivity contribution in [2.24, 2.45) is 0 Å². The molecule has 1 aromatic carbocycles. The van der Waals surface area contributed by atoms with Crippen LogP contribution in [0.1, 0.15) is 12.5 Å². The summed E-state index contributed by atoms with van der Waals surface area (Å²) in [5.41, 5.74) is 0.926. The summed E-state index contributed by atoms with van der Waals surface area (Å²) in [7, 11) is 0. The molecule has 2 amide bonds. The second-order valence-corrected chi connectivity index (χ2v) is 4.85. The minimum absolute atomic E-state index is 0.152. The molecular formula is C15H21N3O3. The molecule has 6 nitrogen and oxygen atoms in total. The molecule has 0 radical (unpaired) electrons. The SMILES string of the molecule is CCNC(=O)C1CNCCN1C(=O)OCc1ccccc1. The number of rotatable bonds is 4. The average molecular weight is 291 g/mol. The highest BCUT2D eigenvalue weighted by Crippen LogP contribution is 2.08. The molecule has 0 saturated carbocycles. The first-order chi connectivity index (χ1) is 10.2. The lowest BCUT2D eigenvalue weighted by molar-refractivity contribution is -0.126. The number of carbonyl (C=O) groups is 2. The third kappa shape index (κ3) is 4.19. The van der Waals surface area contributed by atoms with Crippen LogP contribution in [0.2, 0.25) is 0 Å². The van der Waals surface area contributed by atoms with E-state index in [9.17, 15) is 9.59 Å². The number of ether oxygens (including phenoxy) is 1. The van der Waals surface area contributed by atoms with Crippen molar-refractivity contribution in [1.82, 2.24) is 15.5 Å². The highest BCUT2D eigenvalue weighted by atomic mass is 16.6. The van der Waals surface area contributed by atoms with Crippen LogP contribution in [0.5, 0.6) is 0 Å². The summed E-state index contributed by atoms with van der Waals surface area (Å²) in [6, 6.07) is 8.98. The molecule has 1 aromatic rings. The molecule has 2 N–H and O–H groups in total. The normalized spacial score (nSPS) is 18.1. The Hall–Kier alpha value is -2.08. The summed E-state index contributed by atoms with van der Waals surface area (Å²) >= 11 is 0. The van der Waals surface area contributed by atoms with Gasteiger partial charge in [0.25, 0.3) is 0 Å². The van der Waals surface area contributed by atoms with E-state index < -0.39 is 12.1 Å². The molecule has 6 heteroatoms. The summed E-state index contributed by atoms with van der Waals surface area (Å²) in [5, 5.41) is 5.87. The summed E-state index contributed by atoms with van der Waals surface area (Å²) in [4.78, 5) is 25.7. The minimum atomic E-state index is -0.512. The Balaban J connectivity index is 1.93. The molecule has 1 atom stereocenters. The number of hydrogen-bond donors (Lipinski definition) is 2.